The van der Waals surface area contributed by atoms with Crippen LogP contribution in [0.3, 0.4) is 0 Å². The van der Waals surface area contributed by atoms with Crippen molar-refractivity contribution in [3.8, 4) is 0 Å². The van der Waals surface area contributed by atoms with Gasteiger partial charge in [-0.1, -0.05) is 159 Å². The molecule has 0 radical (unpaired) electrons. The smallest absolute Gasteiger partial charge is 0.0104 e. The summed E-state index contributed by atoms with van der Waals surface area (Å²) in [6, 6.07) is 0. The Bertz CT molecular complexity index is 1120. The molecular formula is C40H58. The van der Waals surface area contributed by atoms with E-state index in [4.69, 9.17) is 0 Å². The molecule has 218 valence electrons. The van der Waals surface area contributed by atoms with Crippen molar-refractivity contribution in [2.24, 2.45) is 11.3 Å². The summed E-state index contributed by atoms with van der Waals surface area (Å²) in [5, 5.41) is 0. The van der Waals surface area contributed by atoms with Crippen LogP contribution in [0.15, 0.2) is 130 Å². The van der Waals surface area contributed by atoms with Gasteiger partial charge < -0.3 is 0 Å². The van der Waals surface area contributed by atoms with Crippen molar-refractivity contribution in [3.63, 3.8) is 0 Å². The highest BCUT2D eigenvalue weighted by Gasteiger charge is 2.26. The van der Waals surface area contributed by atoms with E-state index in [9.17, 15) is 0 Å². The van der Waals surface area contributed by atoms with Gasteiger partial charge in [0.15, 0.2) is 0 Å². The summed E-state index contributed by atoms with van der Waals surface area (Å²) < 4.78 is 0. The molecule has 0 amide bonds. The van der Waals surface area contributed by atoms with Crippen LogP contribution in [-0.4, -0.2) is 0 Å². The molecule has 0 saturated heterocycles. The Hall–Kier alpha value is -2.86. The largest absolute Gasteiger partial charge is 0.0733 e. The van der Waals surface area contributed by atoms with Gasteiger partial charge in [0.05, 0.1) is 0 Å². The second-order valence-electron chi connectivity index (χ2n) is 12.7. The van der Waals surface area contributed by atoms with Gasteiger partial charge in [0.25, 0.3) is 0 Å². The van der Waals surface area contributed by atoms with Crippen LogP contribution in [-0.2, 0) is 0 Å². The van der Waals surface area contributed by atoms with Crippen molar-refractivity contribution in [1.29, 1.82) is 0 Å². The summed E-state index contributed by atoms with van der Waals surface area (Å²) in [4.78, 5) is 0. The maximum atomic E-state index is 2.37. The third kappa shape index (κ3) is 16.3. The SMILES string of the molecule is CC(C=CC=C(C)C=CC=C(C)CCCC(C)C)=CC=CC=C(C)C=CC=C(C)C=CC1=C(C)CCCC1(C)C. The maximum Gasteiger partial charge on any atom is -0.0104 e. The van der Waals surface area contributed by atoms with Gasteiger partial charge >= 0.3 is 0 Å². The first-order chi connectivity index (χ1) is 18.9. The Morgan fingerprint density at radius 1 is 0.700 bits per heavy atom. The Balaban J connectivity index is 2.56. The number of hydrogen-bond acceptors (Lipinski definition) is 0. The van der Waals surface area contributed by atoms with Gasteiger partial charge in [-0.15, -0.1) is 0 Å². The van der Waals surface area contributed by atoms with Crippen LogP contribution < -0.4 is 0 Å². The minimum Gasteiger partial charge on any atom is -0.0733 e. The van der Waals surface area contributed by atoms with E-state index in [1.165, 1.54) is 72.0 Å². The van der Waals surface area contributed by atoms with E-state index >= 15 is 0 Å². The molecule has 0 spiro atoms. The van der Waals surface area contributed by atoms with Gasteiger partial charge in [-0.3, -0.25) is 0 Å². The average Bonchev–Trinajstić information content (AvgIpc) is 2.85. The fourth-order valence-corrected chi connectivity index (χ4v) is 4.80. The molecule has 0 aromatic carbocycles. The first-order valence-corrected chi connectivity index (χ1v) is 15.3. The lowest BCUT2D eigenvalue weighted by atomic mass is 9.72. The minimum atomic E-state index is 0.291. The molecule has 1 aliphatic carbocycles. The zero-order valence-corrected chi connectivity index (χ0v) is 27.5. The highest BCUT2D eigenvalue weighted by Crippen LogP contribution is 2.40. The van der Waals surface area contributed by atoms with Crippen molar-refractivity contribution in [2.45, 2.75) is 108 Å². The average molecular weight is 539 g/mol. The number of rotatable bonds is 14. The fraction of sp³-hybridized carbons (Fsp3) is 0.450. The normalized spacial score (nSPS) is 18.8. The first-order valence-electron chi connectivity index (χ1n) is 15.3. The first kappa shape index (κ1) is 35.2. The van der Waals surface area contributed by atoms with Crippen LogP contribution >= 0.6 is 0 Å². The maximum absolute atomic E-state index is 2.37. The quantitative estimate of drug-likeness (QED) is 0.193. The standard InChI is InChI=1S/C40H58/c1-32(2)18-13-21-35(5)24-15-26-36(6)25-14-22-33(3)19-11-12-20-34(4)23-16-27-37(7)29-30-39-38(8)28-17-31-40(39,9)10/h11-12,14-16,19-20,22-27,29-30,32H,13,17-18,21,28,31H2,1-10H3. The topological polar surface area (TPSA) is 0 Å². The van der Waals surface area contributed by atoms with Crippen molar-refractivity contribution >= 4 is 0 Å². The number of hydrogen-bond donors (Lipinski definition) is 0. The van der Waals surface area contributed by atoms with Crippen LogP contribution in [0.25, 0.3) is 0 Å². The highest BCUT2D eigenvalue weighted by molar-refractivity contribution is 5.37. The van der Waals surface area contributed by atoms with Crippen molar-refractivity contribution in [2.75, 3.05) is 0 Å². The molecule has 0 fully saturated rings. The Labute approximate surface area is 248 Å². The molecule has 0 heterocycles. The van der Waals surface area contributed by atoms with E-state index in [0.29, 0.717) is 5.41 Å². The third-order valence-corrected chi connectivity index (χ3v) is 7.41. The predicted molar refractivity (Wildman–Crippen MR) is 184 cm³/mol. The van der Waals surface area contributed by atoms with Crippen molar-refractivity contribution in [1.82, 2.24) is 0 Å². The summed E-state index contributed by atoms with van der Waals surface area (Å²) in [7, 11) is 0. The molecule has 0 N–H and O–H groups in total. The molecule has 0 aliphatic heterocycles. The van der Waals surface area contributed by atoms with Gasteiger partial charge in [-0.25, -0.2) is 0 Å². The summed E-state index contributed by atoms with van der Waals surface area (Å²) >= 11 is 0. The predicted octanol–water partition coefficient (Wildman–Crippen LogP) is 12.9. The summed E-state index contributed by atoms with van der Waals surface area (Å²) in [5.41, 5.74) is 9.79. The molecular weight excluding hydrogens is 480 g/mol. The zero-order chi connectivity index (χ0) is 30.0. The van der Waals surface area contributed by atoms with Gasteiger partial charge in [0.1, 0.15) is 0 Å². The van der Waals surface area contributed by atoms with Gasteiger partial charge in [-0.2, -0.15) is 0 Å². The molecule has 1 rings (SSSR count). The molecule has 0 heteroatoms. The summed E-state index contributed by atoms with van der Waals surface area (Å²) in [6.45, 7) is 22.4. The van der Waals surface area contributed by atoms with E-state index in [0.717, 1.165) is 5.92 Å². The van der Waals surface area contributed by atoms with Crippen LogP contribution in [0.1, 0.15) is 108 Å². The lowest BCUT2D eigenvalue weighted by Gasteiger charge is -2.32. The second kappa shape index (κ2) is 19.3. The molecule has 0 nitrogen and oxygen atoms in total. The Kier molecular flexibility index (Phi) is 16.9. The molecule has 40 heavy (non-hydrogen) atoms. The summed E-state index contributed by atoms with van der Waals surface area (Å²) in [5.74, 6) is 0.794. The van der Waals surface area contributed by atoms with E-state index < -0.39 is 0 Å². The van der Waals surface area contributed by atoms with Crippen LogP contribution in [0.5, 0.6) is 0 Å². The number of allylic oxidation sites excluding steroid dienone is 22. The molecule has 0 atom stereocenters. The van der Waals surface area contributed by atoms with Gasteiger partial charge in [0, 0.05) is 0 Å². The molecule has 0 aromatic rings. The highest BCUT2D eigenvalue weighted by atomic mass is 14.3. The van der Waals surface area contributed by atoms with E-state index in [2.05, 4.69) is 160 Å². The van der Waals surface area contributed by atoms with Gasteiger partial charge in [-0.05, 0) is 90.6 Å². The van der Waals surface area contributed by atoms with E-state index in [1.54, 1.807) is 5.57 Å². The van der Waals surface area contributed by atoms with Crippen molar-refractivity contribution < 1.29 is 0 Å². The minimum absolute atomic E-state index is 0.291. The van der Waals surface area contributed by atoms with Crippen molar-refractivity contribution in [3.05, 3.63) is 130 Å². The third-order valence-electron chi connectivity index (χ3n) is 7.41. The molecule has 0 aromatic heterocycles. The van der Waals surface area contributed by atoms with Crippen LogP contribution in [0.2, 0.25) is 0 Å². The van der Waals surface area contributed by atoms with E-state index in [1.807, 2.05) is 0 Å². The Morgan fingerprint density at radius 3 is 1.68 bits per heavy atom. The van der Waals surface area contributed by atoms with Crippen LogP contribution in [0.4, 0.5) is 0 Å². The summed E-state index contributed by atoms with van der Waals surface area (Å²) in [6.07, 6.45) is 40.2. The second-order valence-corrected chi connectivity index (χ2v) is 12.7. The van der Waals surface area contributed by atoms with E-state index in [-0.39, 0.29) is 0 Å². The fourth-order valence-electron chi connectivity index (χ4n) is 4.80. The molecule has 0 saturated carbocycles. The lowest BCUT2D eigenvalue weighted by molar-refractivity contribution is 0.377. The van der Waals surface area contributed by atoms with Crippen LogP contribution in [0, 0.1) is 11.3 Å². The monoisotopic (exact) mass is 538 g/mol. The molecule has 1 aliphatic rings. The Morgan fingerprint density at radius 2 is 1.18 bits per heavy atom. The van der Waals surface area contributed by atoms with Gasteiger partial charge in [0.2, 0.25) is 0 Å². The molecule has 0 unspecified atom stereocenters. The molecule has 0 bridgehead atoms. The lowest BCUT2D eigenvalue weighted by Crippen LogP contribution is -2.19. The zero-order valence-electron chi connectivity index (χ0n) is 27.5.